The van der Waals surface area contributed by atoms with Crippen LogP contribution < -0.4 is 5.32 Å². The molecule has 17 heavy (non-hydrogen) atoms. The lowest BCUT2D eigenvalue weighted by Crippen LogP contribution is -2.20. The van der Waals surface area contributed by atoms with Crippen LogP contribution in [0.2, 0.25) is 0 Å². The first kappa shape index (κ1) is 14.0. The Bertz CT molecular complexity index is 322. The number of allylic oxidation sites excluding steroid dienone is 1. The fourth-order valence-electron chi connectivity index (χ4n) is 1.64. The Morgan fingerprint density at radius 1 is 1.12 bits per heavy atom. The third-order valence-electron chi connectivity index (χ3n) is 2.68. The van der Waals surface area contributed by atoms with Crippen molar-refractivity contribution in [2.24, 2.45) is 5.92 Å². The normalized spacial score (nSPS) is 11.5. The van der Waals surface area contributed by atoms with Crippen LogP contribution in [0.4, 0.5) is 0 Å². The molecular weight excluding hydrogens is 206 g/mol. The van der Waals surface area contributed by atoms with Crippen LogP contribution in [0.25, 0.3) is 0 Å². The van der Waals surface area contributed by atoms with Gasteiger partial charge in [0.1, 0.15) is 0 Å². The van der Waals surface area contributed by atoms with Gasteiger partial charge in [-0.05, 0) is 44.3 Å². The first-order chi connectivity index (χ1) is 8.18. The van der Waals surface area contributed by atoms with E-state index in [4.69, 9.17) is 0 Å². The summed E-state index contributed by atoms with van der Waals surface area (Å²) < 4.78 is 0. The highest BCUT2D eigenvalue weighted by molar-refractivity contribution is 5.22. The van der Waals surface area contributed by atoms with E-state index in [1.165, 1.54) is 11.1 Å². The van der Waals surface area contributed by atoms with E-state index in [9.17, 15) is 0 Å². The maximum absolute atomic E-state index is 3.44. The largest absolute Gasteiger partial charge is 0.316 e. The van der Waals surface area contributed by atoms with Gasteiger partial charge in [-0.15, -0.1) is 0 Å². The average Bonchev–Trinajstić information content (AvgIpc) is 2.30. The molecule has 0 saturated heterocycles. The zero-order valence-corrected chi connectivity index (χ0v) is 11.4. The molecule has 0 aromatic heterocycles. The summed E-state index contributed by atoms with van der Waals surface area (Å²) in [5, 5.41) is 3.44. The van der Waals surface area contributed by atoms with Crippen LogP contribution in [0.15, 0.2) is 36.4 Å². The average molecular weight is 231 g/mol. The second-order valence-electron chi connectivity index (χ2n) is 5.05. The van der Waals surface area contributed by atoms with E-state index in [2.05, 4.69) is 62.5 Å². The van der Waals surface area contributed by atoms with Crippen LogP contribution in [0.1, 0.15) is 31.4 Å². The van der Waals surface area contributed by atoms with E-state index >= 15 is 0 Å². The minimum absolute atomic E-state index is 0.742. The lowest BCUT2D eigenvalue weighted by atomic mass is 10.1. The van der Waals surface area contributed by atoms with Crippen molar-refractivity contribution >= 4 is 0 Å². The zero-order valence-electron chi connectivity index (χ0n) is 11.4. The predicted octanol–water partition coefficient (Wildman–Crippen LogP) is 3.73. The number of hydrogen-bond donors (Lipinski definition) is 1. The smallest absolute Gasteiger partial charge is 0.00142 e. The van der Waals surface area contributed by atoms with Crippen molar-refractivity contribution in [1.82, 2.24) is 5.32 Å². The summed E-state index contributed by atoms with van der Waals surface area (Å²) in [6.45, 7) is 8.80. The highest BCUT2D eigenvalue weighted by atomic mass is 14.8. The number of aryl methyl sites for hydroxylation is 1. The van der Waals surface area contributed by atoms with Gasteiger partial charge in [-0.3, -0.25) is 0 Å². The first-order valence-electron chi connectivity index (χ1n) is 6.59. The van der Waals surface area contributed by atoms with Crippen LogP contribution in [0.3, 0.4) is 0 Å². The molecule has 0 saturated carbocycles. The van der Waals surface area contributed by atoms with Crippen molar-refractivity contribution in [1.29, 1.82) is 0 Å². The predicted molar refractivity (Wildman–Crippen MR) is 76.3 cm³/mol. The van der Waals surface area contributed by atoms with Gasteiger partial charge in [0.15, 0.2) is 0 Å². The standard InChI is InChI=1S/C16H25N/c1-14(2)13-17-12-6-4-5-7-16-10-8-15(3)9-11-16/h4-5,8-11,14,17H,6-7,12-13H2,1-3H3. The van der Waals surface area contributed by atoms with Gasteiger partial charge in [0.25, 0.3) is 0 Å². The number of benzene rings is 1. The van der Waals surface area contributed by atoms with E-state index in [-0.39, 0.29) is 0 Å². The molecule has 94 valence electrons. The minimum atomic E-state index is 0.742. The maximum atomic E-state index is 3.44. The van der Waals surface area contributed by atoms with Crippen molar-refractivity contribution in [3.8, 4) is 0 Å². The molecule has 1 aromatic rings. The molecule has 0 amide bonds. The van der Waals surface area contributed by atoms with Gasteiger partial charge in [-0.1, -0.05) is 55.8 Å². The van der Waals surface area contributed by atoms with Crippen molar-refractivity contribution in [2.75, 3.05) is 13.1 Å². The molecule has 1 heteroatoms. The maximum Gasteiger partial charge on any atom is -0.00142 e. The Labute approximate surface area is 106 Å². The van der Waals surface area contributed by atoms with E-state index in [1.54, 1.807) is 0 Å². The molecule has 0 fully saturated rings. The number of nitrogens with one attached hydrogen (secondary N) is 1. The summed E-state index contributed by atoms with van der Waals surface area (Å²) in [7, 11) is 0. The first-order valence-corrected chi connectivity index (χ1v) is 6.59. The molecule has 0 radical (unpaired) electrons. The Kier molecular flexibility index (Phi) is 6.64. The molecule has 0 spiro atoms. The highest BCUT2D eigenvalue weighted by Gasteiger charge is 1.91. The monoisotopic (exact) mass is 231 g/mol. The summed E-state index contributed by atoms with van der Waals surface area (Å²) >= 11 is 0. The molecule has 0 heterocycles. The van der Waals surface area contributed by atoms with Gasteiger partial charge in [-0.2, -0.15) is 0 Å². The number of hydrogen-bond acceptors (Lipinski definition) is 1. The molecule has 1 aromatic carbocycles. The van der Waals surface area contributed by atoms with Crippen LogP contribution in [0.5, 0.6) is 0 Å². The molecule has 1 rings (SSSR count). The Balaban J connectivity index is 2.11. The SMILES string of the molecule is Cc1ccc(CC=CCCNCC(C)C)cc1. The second-order valence-corrected chi connectivity index (χ2v) is 5.05. The Hall–Kier alpha value is -1.08. The topological polar surface area (TPSA) is 12.0 Å². The van der Waals surface area contributed by atoms with Crippen LogP contribution in [0, 0.1) is 12.8 Å². The summed E-state index contributed by atoms with van der Waals surface area (Å²) in [5.74, 6) is 0.742. The summed E-state index contributed by atoms with van der Waals surface area (Å²) in [4.78, 5) is 0. The minimum Gasteiger partial charge on any atom is -0.316 e. The van der Waals surface area contributed by atoms with Crippen LogP contribution in [-0.2, 0) is 6.42 Å². The van der Waals surface area contributed by atoms with Gasteiger partial charge in [0, 0.05) is 0 Å². The van der Waals surface area contributed by atoms with Gasteiger partial charge in [0.2, 0.25) is 0 Å². The second kappa shape index (κ2) is 8.08. The summed E-state index contributed by atoms with van der Waals surface area (Å²) in [6.07, 6.45) is 6.71. The van der Waals surface area contributed by atoms with E-state index in [1.807, 2.05) is 0 Å². The third-order valence-corrected chi connectivity index (χ3v) is 2.68. The summed E-state index contributed by atoms with van der Waals surface area (Å²) in [6, 6.07) is 8.76. The fourth-order valence-corrected chi connectivity index (χ4v) is 1.64. The fraction of sp³-hybridized carbons (Fsp3) is 0.500. The van der Waals surface area contributed by atoms with Gasteiger partial charge in [0.05, 0.1) is 0 Å². The van der Waals surface area contributed by atoms with E-state index in [0.29, 0.717) is 0 Å². The van der Waals surface area contributed by atoms with Gasteiger partial charge in [-0.25, -0.2) is 0 Å². The molecule has 0 atom stereocenters. The molecule has 1 nitrogen and oxygen atoms in total. The lowest BCUT2D eigenvalue weighted by molar-refractivity contribution is 0.556. The van der Waals surface area contributed by atoms with Gasteiger partial charge >= 0.3 is 0 Å². The van der Waals surface area contributed by atoms with Crippen LogP contribution >= 0.6 is 0 Å². The Morgan fingerprint density at radius 2 is 1.82 bits per heavy atom. The van der Waals surface area contributed by atoms with Crippen molar-refractivity contribution in [3.05, 3.63) is 47.5 Å². The Morgan fingerprint density at radius 3 is 2.47 bits per heavy atom. The van der Waals surface area contributed by atoms with Crippen molar-refractivity contribution in [3.63, 3.8) is 0 Å². The molecular formula is C16H25N. The van der Waals surface area contributed by atoms with E-state index in [0.717, 1.165) is 31.8 Å². The van der Waals surface area contributed by atoms with E-state index < -0.39 is 0 Å². The lowest BCUT2D eigenvalue weighted by Gasteiger charge is -2.04. The molecule has 0 aliphatic heterocycles. The molecule has 0 aliphatic carbocycles. The van der Waals surface area contributed by atoms with Crippen LogP contribution in [-0.4, -0.2) is 13.1 Å². The molecule has 1 N–H and O–H groups in total. The molecule has 0 bridgehead atoms. The summed E-state index contributed by atoms with van der Waals surface area (Å²) in [5.41, 5.74) is 2.72. The quantitative estimate of drug-likeness (QED) is 0.557. The third kappa shape index (κ3) is 6.96. The molecule has 0 unspecified atom stereocenters. The number of rotatable bonds is 7. The van der Waals surface area contributed by atoms with Crippen molar-refractivity contribution in [2.45, 2.75) is 33.6 Å². The zero-order chi connectivity index (χ0) is 12.5. The van der Waals surface area contributed by atoms with Crippen molar-refractivity contribution < 1.29 is 0 Å². The molecule has 0 aliphatic rings. The highest BCUT2D eigenvalue weighted by Crippen LogP contribution is 2.04. The van der Waals surface area contributed by atoms with Gasteiger partial charge < -0.3 is 5.32 Å².